The number of nitrogens with zero attached hydrogens (tertiary/aromatic N) is 3. The molecule has 2 heterocycles. The number of carbonyl (C=O) groups excluding carboxylic acids is 2. The Morgan fingerprint density at radius 1 is 1.11 bits per heavy atom. The van der Waals surface area contributed by atoms with Crippen LogP contribution >= 0.6 is 0 Å². The first-order chi connectivity index (χ1) is 13.2. The second-order valence-corrected chi connectivity index (χ2v) is 8.23. The summed E-state index contributed by atoms with van der Waals surface area (Å²) in [5, 5.41) is 3.00. The monoisotopic (exact) mass is 366 g/mol. The van der Waals surface area contributed by atoms with Gasteiger partial charge in [-0.05, 0) is 49.8 Å². The van der Waals surface area contributed by atoms with E-state index >= 15 is 0 Å². The Balaban J connectivity index is 1.40. The molecule has 1 aromatic carbocycles. The molecule has 0 atom stereocenters. The standard InChI is InChI=1S/C21H26N4O2/c26-20(22-13-14-6-7-14)15-8-9-18-17(12-15)23-19-21(27)24(10-11-25(18)19)16-4-2-1-3-5-16/h8-9,12,14,16H,1-7,10-11,13H2,(H,22,26). The van der Waals surface area contributed by atoms with Gasteiger partial charge in [-0.2, -0.15) is 0 Å². The minimum absolute atomic E-state index is 0.0454. The SMILES string of the molecule is O=C(NCC1CC1)c1ccc2c(c1)nc1n2CCN(C2CCCCC2)C1=O. The Morgan fingerprint density at radius 2 is 1.93 bits per heavy atom. The average molecular weight is 366 g/mol. The van der Waals surface area contributed by atoms with E-state index in [1.807, 2.05) is 27.7 Å². The normalized spacial score (nSPS) is 20.7. The smallest absolute Gasteiger partial charge is 0.290 e. The number of carbonyl (C=O) groups is 2. The van der Waals surface area contributed by atoms with E-state index in [0.717, 1.165) is 43.5 Å². The van der Waals surface area contributed by atoms with Crippen molar-refractivity contribution in [1.29, 1.82) is 0 Å². The summed E-state index contributed by atoms with van der Waals surface area (Å²) >= 11 is 0. The molecule has 0 bridgehead atoms. The highest BCUT2D eigenvalue weighted by atomic mass is 16.2. The van der Waals surface area contributed by atoms with Crippen LogP contribution in [0.5, 0.6) is 0 Å². The first-order valence-corrected chi connectivity index (χ1v) is 10.3. The summed E-state index contributed by atoms with van der Waals surface area (Å²) in [6.07, 6.45) is 8.35. The number of rotatable bonds is 4. The maximum Gasteiger partial charge on any atom is 0.290 e. The van der Waals surface area contributed by atoms with Crippen LogP contribution in [0.4, 0.5) is 0 Å². The molecule has 0 spiro atoms. The van der Waals surface area contributed by atoms with Gasteiger partial charge in [0.25, 0.3) is 11.8 Å². The van der Waals surface area contributed by atoms with Crippen LogP contribution in [-0.4, -0.2) is 45.4 Å². The highest BCUT2D eigenvalue weighted by Gasteiger charge is 2.33. The molecular formula is C21H26N4O2. The first kappa shape index (κ1) is 16.8. The topological polar surface area (TPSA) is 67.2 Å². The van der Waals surface area contributed by atoms with E-state index in [1.165, 1.54) is 32.1 Å². The van der Waals surface area contributed by atoms with Gasteiger partial charge in [-0.3, -0.25) is 9.59 Å². The average Bonchev–Trinajstić information content (AvgIpc) is 3.46. The fraction of sp³-hybridized carbons (Fsp3) is 0.571. The Bertz CT molecular complexity index is 893. The summed E-state index contributed by atoms with van der Waals surface area (Å²) in [5.41, 5.74) is 2.30. The molecule has 3 aliphatic rings. The van der Waals surface area contributed by atoms with Crippen molar-refractivity contribution in [2.75, 3.05) is 13.1 Å². The van der Waals surface area contributed by atoms with Gasteiger partial charge in [0.1, 0.15) is 0 Å². The van der Waals surface area contributed by atoms with Gasteiger partial charge in [0.2, 0.25) is 0 Å². The zero-order valence-corrected chi connectivity index (χ0v) is 15.6. The molecule has 6 heteroatoms. The molecule has 2 aromatic rings. The summed E-state index contributed by atoms with van der Waals surface area (Å²) in [6.45, 7) is 2.29. The fourth-order valence-corrected chi connectivity index (χ4v) is 4.50. The Kier molecular flexibility index (Phi) is 4.14. The van der Waals surface area contributed by atoms with Crippen molar-refractivity contribution in [3.05, 3.63) is 29.6 Å². The highest BCUT2D eigenvalue weighted by molar-refractivity contribution is 6.00. The molecule has 0 unspecified atom stereocenters. The molecule has 6 nitrogen and oxygen atoms in total. The molecule has 2 saturated carbocycles. The number of amides is 2. The van der Waals surface area contributed by atoms with Crippen molar-refractivity contribution in [2.24, 2.45) is 5.92 Å². The first-order valence-electron chi connectivity index (χ1n) is 10.3. The maximum atomic E-state index is 13.1. The van der Waals surface area contributed by atoms with Crippen molar-refractivity contribution in [3.63, 3.8) is 0 Å². The van der Waals surface area contributed by atoms with Crippen LogP contribution in [0.1, 0.15) is 65.9 Å². The molecule has 2 fully saturated rings. The summed E-state index contributed by atoms with van der Waals surface area (Å²) in [4.78, 5) is 32.1. The van der Waals surface area contributed by atoms with Crippen LogP contribution in [-0.2, 0) is 6.54 Å². The third-order valence-electron chi connectivity index (χ3n) is 6.29. The van der Waals surface area contributed by atoms with E-state index in [0.29, 0.717) is 23.3 Å². The fourth-order valence-electron chi connectivity index (χ4n) is 4.50. The lowest BCUT2D eigenvalue weighted by Crippen LogP contribution is -2.47. The zero-order chi connectivity index (χ0) is 18.4. The number of benzene rings is 1. The van der Waals surface area contributed by atoms with Crippen LogP contribution in [0, 0.1) is 5.92 Å². The zero-order valence-electron chi connectivity index (χ0n) is 15.6. The Hall–Kier alpha value is -2.37. The van der Waals surface area contributed by atoms with Crippen LogP contribution < -0.4 is 5.32 Å². The lowest BCUT2D eigenvalue weighted by molar-refractivity contribution is 0.0566. The lowest BCUT2D eigenvalue weighted by atomic mass is 9.94. The molecule has 27 heavy (non-hydrogen) atoms. The van der Waals surface area contributed by atoms with E-state index < -0.39 is 0 Å². The third kappa shape index (κ3) is 3.11. The second kappa shape index (κ2) is 6.66. The third-order valence-corrected chi connectivity index (χ3v) is 6.29. The van der Waals surface area contributed by atoms with Crippen LogP contribution in [0.15, 0.2) is 18.2 Å². The Labute approximate surface area is 158 Å². The van der Waals surface area contributed by atoms with Crippen LogP contribution in [0.25, 0.3) is 11.0 Å². The number of hydrogen-bond acceptors (Lipinski definition) is 3. The summed E-state index contributed by atoms with van der Waals surface area (Å²) < 4.78 is 2.02. The predicted molar refractivity (Wildman–Crippen MR) is 103 cm³/mol. The van der Waals surface area contributed by atoms with Gasteiger partial charge in [0.05, 0.1) is 11.0 Å². The quantitative estimate of drug-likeness (QED) is 0.905. The lowest BCUT2D eigenvalue weighted by Gasteiger charge is -2.36. The van der Waals surface area contributed by atoms with Crippen molar-refractivity contribution < 1.29 is 9.59 Å². The van der Waals surface area contributed by atoms with E-state index in [2.05, 4.69) is 10.3 Å². The van der Waals surface area contributed by atoms with Crippen molar-refractivity contribution >= 4 is 22.8 Å². The molecule has 2 amide bonds. The Morgan fingerprint density at radius 3 is 2.70 bits per heavy atom. The molecule has 1 aliphatic heterocycles. The highest BCUT2D eigenvalue weighted by Crippen LogP contribution is 2.29. The van der Waals surface area contributed by atoms with Gasteiger partial charge in [-0.1, -0.05) is 19.3 Å². The van der Waals surface area contributed by atoms with Gasteiger partial charge in [0.15, 0.2) is 5.82 Å². The molecule has 1 N–H and O–H groups in total. The van der Waals surface area contributed by atoms with E-state index in [4.69, 9.17) is 0 Å². The van der Waals surface area contributed by atoms with E-state index in [-0.39, 0.29) is 11.8 Å². The largest absolute Gasteiger partial charge is 0.352 e. The second-order valence-electron chi connectivity index (χ2n) is 8.23. The number of imidazole rings is 1. The van der Waals surface area contributed by atoms with Crippen molar-refractivity contribution in [3.8, 4) is 0 Å². The van der Waals surface area contributed by atoms with Crippen LogP contribution in [0.2, 0.25) is 0 Å². The number of hydrogen-bond donors (Lipinski definition) is 1. The molecule has 0 saturated heterocycles. The molecule has 5 rings (SSSR count). The van der Waals surface area contributed by atoms with Crippen LogP contribution in [0.3, 0.4) is 0 Å². The van der Waals surface area contributed by atoms with E-state index in [1.54, 1.807) is 0 Å². The molecule has 1 aromatic heterocycles. The molecule has 0 radical (unpaired) electrons. The van der Waals surface area contributed by atoms with Gasteiger partial charge in [0, 0.05) is 31.2 Å². The van der Waals surface area contributed by atoms with E-state index in [9.17, 15) is 9.59 Å². The van der Waals surface area contributed by atoms with Crippen molar-refractivity contribution in [2.45, 2.75) is 57.5 Å². The van der Waals surface area contributed by atoms with Gasteiger partial charge >= 0.3 is 0 Å². The maximum absolute atomic E-state index is 13.1. The van der Waals surface area contributed by atoms with Crippen molar-refractivity contribution in [1.82, 2.24) is 19.8 Å². The van der Waals surface area contributed by atoms with Gasteiger partial charge in [-0.15, -0.1) is 0 Å². The summed E-state index contributed by atoms with van der Waals surface area (Å²) in [7, 11) is 0. The summed E-state index contributed by atoms with van der Waals surface area (Å²) in [5.74, 6) is 1.17. The molecule has 2 aliphatic carbocycles. The molecule has 142 valence electrons. The van der Waals surface area contributed by atoms with Gasteiger partial charge in [-0.25, -0.2) is 4.98 Å². The summed E-state index contributed by atoms with van der Waals surface area (Å²) in [6, 6.07) is 5.96. The van der Waals surface area contributed by atoms with Gasteiger partial charge < -0.3 is 14.8 Å². The predicted octanol–water partition coefficient (Wildman–Crippen LogP) is 2.96. The number of fused-ring (bicyclic) bond motifs is 3. The number of nitrogens with one attached hydrogen (secondary N) is 1. The minimum Gasteiger partial charge on any atom is -0.352 e. The number of aromatic nitrogens is 2. The minimum atomic E-state index is -0.0510. The molecular weight excluding hydrogens is 340 g/mol.